The smallest absolute Gasteiger partial charge is 0.387 e. The topological polar surface area (TPSA) is 67.4 Å². The number of nitrogens with zero attached hydrogens (tertiary/aromatic N) is 2. The molecule has 0 heterocycles. The van der Waals surface area contributed by atoms with Gasteiger partial charge >= 0.3 is 6.61 Å². The minimum absolute atomic E-state index is 0.0211. The third kappa shape index (κ3) is 6.99. The van der Waals surface area contributed by atoms with Gasteiger partial charge in [0.2, 0.25) is 0 Å². The Bertz CT molecular complexity index is 862. The molecule has 0 amide bonds. The number of guanidine groups is 1. The number of nitrogens with one attached hydrogen (secondary N) is 2. The lowest BCUT2D eigenvalue weighted by Crippen LogP contribution is -2.41. The number of hydrogen-bond donors (Lipinski definition) is 2. The summed E-state index contributed by atoms with van der Waals surface area (Å²) in [6.45, 7) is -2.04. The molecular formula is C22H30F2N4O3. The van der Waals surface area contributed by atoms with Gasteiger partial charge in [-0.2, -0.15) is 8.78 Å². The van der Waals surface area contributed by atoms with Crippen molar-refractivity contribution in [3.63, 3.8) is 0 Å². The summed E-state index contributed by atoms with van der Waals surface area (Å²) in [6.07, 6.45) is 0. The van der Waals surface area contributed by atoms with Gasteiger partial charge in [-0.1, -0.05) is 24.3 Å². The third-order valence-corrected chi connectivity index (χ3v) is 4.74. The Balaban J connectivity index is 2.05. The summed E-state index contributed by atoms with van der Waals surface area (Å²) >= 11 is 0. The lowest BCUT2D eigenvalue weighted by molar-refractivity contribution is -0.0504. The predicted molar refractivity (Wildman–Crippen MR) is 117 cm³/mol. The van der Waals surface area contributed by atoms with Crippen molar-refractivity contribution in [2.75, 3.05) is 41.9 Å². The SMILES string of the molecule is CN=C(NCc1ccccc1OC(F)F)NCC(c1ccc(OC)c(OC)c1)N(C)C. The van der Waals surface area contributed by atoms with E-state index < -0.39 is 6.61 Å². The summed E-state index contributed by atoms with van der Waals surface area (Å²) < 4.78 is 40.5. The Labute approximate surface area is 182 Å². The lowest BCUT2D eigenvalue weighted by Gasteiger charge is -2.26. The van der Waals surface area contributed by atoms with E-state index in [0.29, 0.717) is 29.6 Å². The summed E-state index contributed by atoms with van der Waals surface area (Å²) in [5.74, 6) is 2.00. The van der Waals surface area contributed by atoms with Gasteiger partial charge in [-0.25, -0.2) is 0 Å². The van der Waals surface area contributed by atoms with E-state index in [1.807, 2.05) is 32.3 Å². The van der Waals surface area contributed by atoms with E-state index in [0.717, 1.165) is 5.56 Å². The molecule has 170 valence electrons. The molecule has 31 heavy (non-hydrogen) atoms. The van der Waals surface area contributed by atoms with E-state index in [2.05, 4.69) is 25.3 Å². The van der Waals surface area contributed by atoms with Crippen LogP contribution in [0, 0.1) is 0 Å². The van der Waals surface area contributed by atoms with Gasteiger partial charge in [-0.3, -0.25) is 4.99 Å². The Kier molecular flexibility index (Phi) is 9.33. The second-order valence-electron chi connectivity index (χ2n) is 6.89. The van der Waals surface area contributed by atoms with Crippen LogP contribution in [0.2, 0.25) is 0 Å². The van der Waals surface area contributed by atoms with Crippen molar-refractivity contribution in [2.24, 2.45) is 4.99 Å². The maximum Gasteiger partial charge on any atom is 0.387 e. The molecule has 2 aromatic rings. The first kappa shape index (κ1) is 24.2. The third-order valence-electron chi connectivity index (χ3n) is 4.74. The number of halogens is 2. The zero-order valence-corrected chi connectivity index (χ0v) is 18.5. The number of methoxy groups -OCH3 is 2. The Morgan fingerprint density at radius 2 is 1.71 bits per heavy atom. The molecule has 9 heteroatoms. The predicted octanol–water partition coefficient (Wildman–Crippen LogP) is 3.27. The van der Waals surface area contributed by atoms with Crippen molar-refractivity contribution < 1.29 is 23.0 Å². The molecule has 7 nitrogen and oxygen atoms in total. The molecule has 0 aromatic heterocycles. The number of hydrogen-bond acceptors (Lipinski definition) is 5. The van der Waals surface area contributed by atoms with Crippen molar-refractivity contribution in [1.29, 1.82) is 0 Å². The van der Waals surface area contributed by atoms with Gasteiger partial charge in [0.15, 0.2) is 17.5 Å². The minimum atomic E-state index is -2.87. The van der Waals surface area contributed by atoms with Crippen LogP contribution in [-0.2, 0) is 6.54 Å². The minimum Gasteiger partial charge on any atom is -0.493 e. The summed E-state index contributed by atoms with van der Waals surface area (Å²) in [6, 6.07) is 12.5. The van der Waals surface area contributed by atoms with E-state index in [1.54, 1.807) is 39.5 Å². The summed E-state index contributed by atoms with van der Waals surface area (Å²) in [5, 5.41) is 6.42. The standard InChI is InChI=1S/C22H30F2N4O3/c1-25-22(26-13-16-8-6-7-9-18(16)31-21(23)24)27-14-17(28(2)3)15-10-11-19(29-4)20(12-15)30-5/h6-12,17,21H,13-14H2,1-5H3,(H2,25,26,27). The van der Waals surface area contributed by atoms with E-state index in [1.165, 1.54) is 6.07 Å². The molecule has 2 N–H and O–H groups in total. The molecule has 0 spiro atoms. The maximum absolute atomic E-state index is 12.6. The van der Waals surface area contributed by atoms with Crippen LogP contribution < -0.4 is 24.8 Å². The fourth-order valence-electron chi connectivity index (χ4n) is 3.11. The number of benzene rings is 2. The lowest BCUT2D eigenvalue weighted by atomic mass is 10.1. The van der Waals surface area contributed by atoms with Gasteiger partial charge in [-0.05, 0) is 37.9 Å². The van der Waals surface area contributed by atoms with Crippen LogP contribution >= 0.6 is 0 Å². The average molecular weight is 437 g/mol. The highest BCUT2D eigenvalue weighted by Gasteiger charge is 2.17. The number of aliphatic imine (C=N–C) groups is 1. The zero-order chi connectivity index (χ0) is 22.8. The van der Waals surface area contributed by atoms with Crippen molar-refractivity contribution in [2.45, 2.75) is 19.2 Å². The van der Waals surface area contributed by atoms with Gasteiger partial charge < -0.3 is 29.7 Å². The summed E-state index contributed by atoms with van der Waals surface area (Å²) in [5.41, 5.74) is 1.65. The largest absolute Gasteiger partial charge is 0.493 e. The fraction of sp³-hybridized carbons (Fsp3) is 0.409. The van der Waals surface area contributed by atoms with E-state index in [9.17, 15) is 8.78 Å². The van der Waals surface area contributed by atoms with Gasteiger partial charge in [0.05, 0.1) is 20.3 Å². The molecule has 0 aliphatic carbocycles. The van der Waals surface area contributed by atoms with Crippen molar-refractivity contribution in [3.05, 3.63) is 53.6 Å². The van der Waals surface area contributed by atoms with Crippen molar-refractivity contribution in [3.8, 4) is 17.2 Å². The van der Waals surface area contributed by atoms with E-state index in [4.69, 9.17) is 9.47 Å². The number of para-hydroxylation sites is 1. The molecule has 0 aliphatic heterocycles. The first-order valence-electron chi connectivity index (χ1n) is 9.75. The monoisotopic (exact) mass is 436 g/mol. The molecule has 0 bridgehead atoms. The van der Waals surface area contributed by atoms with Gasteiger partial charge in [0, 0.05) is 25.7 Å². The molecule has 0 saturated heterocycles. The second kappa shape index (κ2) is 11.9. The normalized spacial score (nSPS) is 12.6. The fourth-order valence-corrected chi connectivity index (χ4v) is 3.11. The quantitative estimate of drug-likeness (QED) is 0.440. The molecule has 0 aliphatic rings. The van der Waals surface area contributed by atoms with Crippen LogP contribution in [0.5, 0.6) is 17.2 Å². The molecule has 2 aromatic carbocycles. The molecule has 1 unspecified atom stereocenters. The molecule has 1 atom stereocenters. The molecule has 0 fully saturated rings. The van der Waals surface area contributed by atoms with Gasteiger partial charge in [-0.15, -0.1) is 0 Å². The molecule has 0 radical (unpaired) electrons. The molecule has 0 saturated carbocycles. The first-order chi connectivity index (χ1) is 14.9. The Hall–Kier alpha value is -3.07. The van der Waals surface area contributed by atoms with Crippen LogP contribution in [0.4, 0.5) is 8.78 Å². The van der Waals surface area contributed by atoms with Crippen LogP contribution in [0.3, 0.4) is 0 Å². The van der Waals surface area contributed by atoms with Crippen LogP contribution in [-0.4, -0.2) is 59.4 Å². The first-order valence-corrected chi connectivity index (χ1v) is 9.75. The van der Waals surface area contributed by atoms with Gasteiger partial charge in [0.25, 0.3) is 0 Å². The maximum atomic E-state index is 12.6. The zero-order valence-electron chi connectivity index (χ0n) is 18.5. The van der Waals surface area contributed by atoms with Crippen LogP contribution in [0.15, 0.2) is 47.5 Å². The average Bonchev–Trinajstić information content (AvgIpc) is 2.76. The van der Waals surface area contributed by atoms with E-state index in [-0.39, 0.29) is 18.3 Å². The Morgan fingerprint density at radius 1 is 1.00 bits per heavy atom. The second-order valence-corrected chi connectivity index (χ2v) is 6.89. The number of alkyl halides is 2. The highest BCUT2D eigenvalue weighted by atomic mass is 19.3. The highest BCUT2D eigenvalue weighted by molar-refractivity contribution is 5.79. The van der Waals surface area contributed by atoms with Crippen LogP contribution in [0.25, 0.3) is 0 Å². The van der Waals surface area contributed by atoms with E-state index >= 15 is 0 Å². The summed E-state index contributed by atoms with van der Waals surface area (Å²) in [7, 11) is 8.82. The van der Waals surface area contributed by atoms with Crippen LogP contribution in [0.1, 0.15) is 17.2 Å². The number of rotatable bonds is 10. The van der Waals surface area contributed by atoms with Crippen molar-refractivity contribution in [1.82, 2.24) is 15.5 Å². The number of ether oxygens (including phenoxy) is 3. The van der Waals surface area contributed by atoms with Gasteiger partial charge in [0.1, 0.15) is 5.75 Å². The summed E-state index contributed by atoms with van der Waals surface area (Å²) in [4.78, 5) is 6.30. The highest BCUT2D eigenvalue weighted by Crippen LogP contribution is 2.31. The molecular weight excluding hydrogens is 406 g/mol. The number of likely N-dealkylation sites (N-methyl/N-ethyl adjacent to an activating group) is 1. The Morgan fingerprint density at radius 3 is 2.32 bits per heavy atom. The molecule has 2 rings (SSSR count). The van der Waals surface area contributed by atoms with Crippen molar-refractivity contribution >= 4 is 5.96 Å².